The Hall–Kier alpha value is -2.38. The van der Waals surface area contributed by atoms with Gasteiger partial charge in [0.2, 0.25) is 10.0 Å². The third-order valence-corrected chi connectivity index (χ3v) is 5.67. The molecule has 0 saturated heterocycles. The summed E-state index contributed by atoms with van der Waals surface area (Å²) in [6.45, 7) is 6.22. The van der Waals surface area contributed by atoms with Crippen LogP contribution in [0.1, 0.15) is 29.2 Å². The van der Waals surface area contributed by atoms with E-state index in [2.05, 4.69) is 46.1 Å². The van der Waals surface area contributed by atoms with Gasteiger partial charge in [-0.3, -0.25) is 0 Å². The zero-order valence-corrected chi connectivity index (χ0v) is 17.9. The van der Waals surface area contributed by atoms with Gasteiger partial charge in [0.1, 0.15) is 0 Å². The molecule has 0 aliphatic rings. The summed E-state index contributed by atoms with van der Waals surface area (Å²) < 4.78 is 25.6. The van der Waals surface area contributed by atoms with E-state index in [9.17, 15) is 8.42 Å². The molecule has 0 unspecified atom stereocenters. The number of benzene rings is 2. The Bertz CT molecular complexity index is 876. The van der Waals surface area contributed by atoms with Gasteiger partial charge in [0.05, 0.1) is 12.3 Å². The van der Waals surface area contributed by atoms with Gasteiger partial charge in [0.15, 0.2) is 5.96 Å². The van der Waals surface area contributed by atoms with Gasteiger partial charge in [-0.05, 0) is 37.6 Å². The highest BCUT2D eigenvalue weighted by Crippen LogP contribution is 2.10. The van der Waals surface area contributed by atoms with Crippen LogP contribution in [-0.2, 0) is 28.9 Å². The van der Waals surface area contributed by atoms with E-state index in [4.69, 9.17) is 4.99 Å². The van der Waals surface area contributed by atoms with Crippen molar-refractivity contribution in [3.05, 3.63) is 70.8 Å². The first-order valence-corrected chi connectivity index (χ1v) is 11.0. The van der Waals surface area contributed by atoms with E-state index in [1.807, 2.05) is 38.2 Å². The van der Waals surface area contributed by atoms with Crippen molar-refractivity contribution < 1.29 is 8.42 Å². The van der Waals surface area contributed by atoms with E-state index >= 15 is 0 Å². The lowest BCUT2D eigenvalue weighted by Gasteiger charge is -2.22. The Morgan fingerprint density at radius 1 is 1.00 bits per heavy atom. The maximum atomic E-state index is 11.6. The highest BCUT2D eigenvalue weighted by molar-refractivity contribution is 7.88. The number of aliphatic imine (C=N–C) groups is 1. The molecule has 0 spiro atoms. The Morgan fingerprint density at radius 3 is 2.14 bits per heavy atom. The first-order chi connectivity index (χ1) is 13.3. The summed E-state index contributed by atoms with van der Waals surface area (Å²) in [5.74, 6) is 0.819. The molecular weight excluding hydrogens is 372 g/mol. The molecule has 0 aromatic heterocycles. The van der Waals surface area contributed by atoms with Crippen LogP contribution in [0.5, 0.6) is 0 Å². The maximum absolute atomic E-state index is 11.6. The van der Waals surface area contributed by atoms with Crippen molar-refractivity contribution in [1.82, 2.24) is 14.9 Å². The molecule has 0 atom stereocenters. The maximum Gasteiger partial charge on any atom is 0.215 e. The second kappa shape index (κ2) is 10.2. The molecule has 0 radical (unpaired) electrons. The zero-order chi connectivity index (χ0) is 20.6. The molecule has 2 rings (SSSR count). The Morgan fingerprint density at radius 2 is 1.57 bits per heavy atom. The van der Waals surface area contributed by atoms with Crippen LogP contribution in [0.4, 0.5) is 0 Å². The van der Waals surface area contributed by atoms with Crippen LogP contribution in [0.15, 0.2) is 53.5 Å². The smallest absolute Gasteiger partial charge is 0.215 e. The van der Waals surface area contributed by atoms with Crippen molar-refractivity contribution >= 4 is 16.0 Å². The molecule has 0 amide bonds. The first kappa shape index (κ1) is 21.9. The van der Waals surface area contributed by atoms with E-state index in [0.29, 0.717) is 6.54 Å². The van der Waals surface area contributed by atoms with Crippen LogP contribution >= 0.6 is 0 Å². The monoisotopic (exact) mass is 402 g/mol. The number of hydrogen-bond acceptors (Lipinski definition) is 3. The van der Waals surface area contributed by atoms with E-state index in [1.54, 1.807) is 0 Å². The molecule has 2 N–H and O–H groups in total. The second-order valence-electron chi connectivity index (χ2n) is 6.79. The Kier molecular flexibility index (Phi) is 8.02. The van der Waals surface area contributed by atoms with Gasteiger partial charge in [-0.2, -0.15) is 0 Å². The molecule has 0 aliphatic heterocycles. The average Bonchev–Trinajstić information content (AvgIpc) is 2.68. The number of nitrogens with zero attached hydrogens (tertiary/aromatic N) is 2. The molecule has 0 saturated carbocycles. The highest BCUT2D eigenvalue weighted by Gasteiger charge is 2.09. The summed E-state index contributed by atoms with van der Waals surface area (Å²) in [6, 6.07) is 16.0. The lowest BCUT2D eigenvalue weighted by atomic mass is 10.1. The number of nitrogens with one attached hydrogen (secondary N) is 2. The van der Waals surface area contributed by atoms with Crippen LogP contribution in [0.3, 0.4) is 0 Å². The Labute approximate surface area is 168 Å². The van der Waals surface area contributed by atoms with Crippen molar-refractivity contribution in [2.45, 2.75) is 32.7 Å². The highest BCUT2D eigenvalue weighted by atomic mass is 32.2. The summed E-state index contributed by atoms with van der Waals surface area (Å²) in [5.41, 5.74) is 4.27. The largest absolute Gasteiger partial charge is 0.357 e. The van der Waals surface area contributed by atoms with Crippen LogP contribution in [0, 0.1) is 6.92 Å². The number of sulfonamides is 1. The summed E-state index contributed by atoms with van der Waals surface area (Å²) in [4.78, 5) is 6.82. The fourth-order valence-electron chi connectivity index (χ4n) is 2.71. The van der Waals surface area contributed by atoms with Gasteiger partial charge in [0, 0.05) is 20.1 Å². The predicted molar refractivity (Wildman–Crippen MR) is 116 cm³/mol. The minimum absolute atomic E-state index is 0.0189. The van der Waals surface area contributed by atoms with Crippen molar-refractivity contribution in [3.8, 4) is 0 Å². The van der Waals surface area contributed by atoms with Crippen LogP contribution in [-0.4, -0.2) is 39.9 Å². The van der Waals surface area contributed by atoms with Crippen LogP contribution < -0.4 is 10.0 Å². The molecule has 0 bridgehead atoms. The SMILES string of the molecule is CCNC(=NCc1ccc(CS(=O)(=O)NC)cc1)N(C)Cc1ccc(C)cc1. The lowest BCUT2D eigenvalue weighted by molar-refractivity contribution is 0.477. The van der Waals surface area contributed by atoms with E-state index in [1.165, 1.54) is 18.2 Å². The van der Waals surface area contributed by atoms with Crippen LogP contribution in [0.25, 0.3) is 0 Å². The van der Waals surface area contributed by atoms with Gasteiger partial charge in [-0.15, -0.1) is 0 Å². The third-order valence-electron chi connectivity index (χ3n) is 4.34. The fourth-order valence-corrected chi connectivity index (χ4v) is 3.49. The van der Waals surface area contributed by atoms with E-state index in [-0.39, 0.29) is 5.75 Å². The number of guanidine groups is 1. The number of aryl methyl sites for hydroxylation is 1. The molecule has 152 valence electrons. The van der Waals surface area contributed by atoms with Gasteiger partial charge in [-0.25, -0.2) is 18.1 Å². The zero-order valence-electron chi connectivity index (χ0n) is 17.1. The number of hydrogen-bond donors (Lipinski definition) is 2. The molecule has 6 nitrogen and oxygen atoms in total. The molecular formula is C21H30N4O2S. The van der Waals surface area contributed by atoms with Crippen molar-refractivity contribution in [2.75, 3.05) is 20.6 Å². The van der Waals surface area contributed by atoms with E-state index < -0.39 is 10.0 Å². The molecule has 0 heterocycles. The minimum Gasteiger partial charge on any atom is -0.357 e. The molecule has 28 heavy (non-hydrogen) atoms. The average molecular weight is 403 g/mol. The molecule has 2 aromatic rings. The van der Waals surface area contributed by atoms with Gasteiger partial charge < -0.3 is 10.2 Å². The van der Waals surface area contributed by atoms with Gasteiger partial charge >= 0.3 is 0 Å². The standard InChI is InChI=1S/C21H30N4O2S/c1-5-23-21(25(4)15-19-8-6-17(2)7-9-19)24-14-18-10-12-20(13-11-18)16-28(26,27)22-3/h6-13,22H,5,14-16H2,1-4H3,(H,23,24). The second-order valence-corrected chi connectivity index (χ2v) is 8.72. The first-order valence-electron chi connectivity index (χ1n) is 9.37. The summed E-state index contributed by atoms with van der Waals surface area (Å²) in [6.07, 6.45) is 0. The normalized spacial score (nSPS) is 12.1. The topological polar surface area (TPSA) is 73.8 Å². The Balaban J connectivity index is 2.03. The summed E-state index contributed by atoms with van der Waals surface area (Å²) in [7, 11) is 0.189. The molecule has 2 aromatic carbocycles. The third kappa shape index (κ3) is 6.98. The van der Waals surface area contributed by atoms with Crippen molar-refractivity contribution in [2.24, 2.45) is 4.99 Å². The molecule has 0 fully saturated rings. The lowest BCUT2D eigenvalue weighted by Crippen LogP contribution is -2.38. The van der Waals surface area contributed by atoms with Crippen molar-refractivity contribution in [1.29, 1.82) is 0 Å². The number of rotatable bonds is 8. The van der Waals surface area contributed by atoms with Crippen LogP contribution in [0.2, 0.25) is 0 Å². The predicted octanol–water partition coefficient (Wildman–Crippen LogP) is 2.64. The van der Waals surface area contributed by atoms with E-state index in [0.717, 1.165) is 30.2 Å². The minimum atomic E-state index is -3.26. The summed E-state index contributed by atoms with van der Waals surface area (Å²) >= 11 is 0. The quantitative estimate of drug-likeness (QED) is 0.526. The van der Waals surface area contributed by atoms with Gasteiger partial charge in [-0.1, -0.05) is 54.1 Å². The molecule has 0 aliphatic carbocycles. The van der Waals surface area contributed by atoms with Gasteiger partial charge in [0.25, 0.3) is 0 Å². The fraction of sp³-hybridized carbons (Fsp3) is 0.381. The summed E-state index contributed by atoms with van der Waals surface area (Å²) in [5, 5.41) is 3.32. The molecule has 7 heteroatoms. The van der Waals surface area contributed by atoms with Crippen molar-refractivity contribution in [3.63, 3.8) is 0 Å².